The molecular weight excluding hydrogens is 986 g/mol. The van der Waals surface area contributed by atoms with Gasteiger partial charge < -0.3 is 53.8 Å². The Labute approximate surface area is 425 Å². The first-order valence-electron chi connectivity index (χ1n) is 24.4. The van der Waals surface area contributed by atoms with Crippen molar-refractivity contribution in [2.24, 2.45) is 0 Å². The molecule has 1 saturated heterocycles. The van der Waals surface area contributed by atoms with E-state index in [1.807, 2.05) is 13.0 Å². The van der Waals surface area contributed by atoms with Gasteiger partial charge in [-0.3, -0.25) is 28.9 Å². The molecule has 10 rings (SSSR count). The number of carbonyl (C=O) groups excluding carboxylic acids is 5. The molecule has 5 aliphatic rings. The van der Waals surface area contributed by atoms with Gasteiger partial charge in [0.2, 0.25) is 12.2 Å². The number of esters is 1. The SMILES string of the molecule is CC[C@@H]1C(=O)OCc2c1cc1n(c2=O)Cc2c-1nc1cc(F)c(C)c3c1c2C(NC(=O)OCc1ccc(O[C@H]2C[C@@H](O)C[C@@H](C(=O)O)O2)c2cc(CNC(=O)CCOCCOCCN4C(=O)C=CC4=O)sc12)CC3. The van der Waals surface area contributed by atoms with Crippen molar-refractivity contribution >= 4 is 68.1 Å². The largest absolute Gasteiger partial charge is 0.479 e. The van der Waals surface area contributed by atoms with E-state index in [9.17, 15) is 43.8 Å². The van der Waals surface area contributed by atoms with Gasteiger partial charge in [-0.2, -0.15) is 0 Å². The van der Waals surface area contributed by atoms with E-state index in [4.69, 9.17) is 33.4 Å². The molecule has 0 bridgehead atoms. The van der Waals surface area contributed by atoms with Gasteiger partial charge in [0.1, 0.15) is 24.8 Å². The van der Waals surface area contributed by atoms with Gasteiger partial charge in [-0.15, -0.1) is 11.3 Å². The van der Waals surface area contributed by atoms with E-state index >= 15 is 4.39 Å². The Balaban J connectivity index is 0.841. The summed E-state index contributed by atoms with van der Waals surface area (Å²) in [6, 6.07) is 7.70. The molecule has 1 fully saturated rings. The number of aliphatic hydroxyl groups excluding tert-OH is 1. The molecule has 0 radical (unpaired) electrons. The minimum absolute atomic E-state index is 0.0171. The number of pyridine rings is 2. The number of hydrogen-bond donors (Lipinski definition) is 4. The second kappa shape index (κ2) is 21.0. The third kappa shape index (κ3) is 9.86. The van der Waals surface area contributed by atoms with Crippen molar-refractivity contribution < 1.29 is 71.8 Å². The molecule has 1 unspecified atom stereocenters. The predicted octanol–water partition coefficient (Wildman–Crippen LogP) is 4.85. The highest BCUT2D eigenvalue weighted by Gasteiger charge is 2.39. The van der Waals surface area contributed by atoms with Crippen LogP contribution in [-0.2, 0) is 80.4 Å². The maximum atomic E-state index is 15.5. The quantitative estimate of drug-likeness (QED) is 0.0510. The van der Waals surface area contributed by atoms with Crippen molar-refractivity contribution in [1.82, 2.24) is 25.1 Å². The lowest BCUT2D eigenvalue weighted by atomic mass is 9.81. The molecule has 388 valence electrons. The molecule has 22 heteroatoms. The summed E-state index contributed by atoms with van der Waals surface area (Å²) in [7, 11) is 0. The Morgan fingerprint density at radius 2 is 1.77 bits per heavy atom. The summed E-state index contributed by atoms with van der Waals surface area (Å²) in [5.41, 5.74) is 5.28. The van der Waals surface area contributed by atoms with E-state index < -0.39 is 54.3 Å². The lowest BCUT2D eigenvalue weighted by Gasteiger charge is -2.31. The van der Waals surface area contributed by atoms with E-state index in [0.29, 0.717) is 95.6 Å². The number of cyclic esters (lactones) is 1. The molecular formula is C52H52FN5O15S. The summed E-state index contributed by atoms with van der Waals surface area (Å²) >= 11 is 1.31. The van der Waals surface area contributed by atoms with Crippen LogP contribution in [-0.4, -0.2) is 112 Å². The molecule has 20 nitrogen and oxygen atoms in total. The van der Waals surface area contributed by atoms with Crippen molar-refractivity contribution in [3.05, 3.63) is 102 Å². The number of benzene rings is 2. The minimum atomic E-state index is -1.28. The maximum Gasteiger partial charge on any atom is 0.407 e. The number of hydrogen-bond acceptors (Lipinski definition) is 16. The second-order valence-electron chi connectivity index (χ2n) is 18.7. The fraction of sp³-hybridized carbons (Fsp3) is 0.423. The number of aryl methyl sites for hydroxylation is 1. The molecule has 74 heavy (non-hydrogen) atoms. The van der Waals surface area contributed by atoms with Crippen LogP contribution in [0, 0.1) is 12.7 Å². The van der Waals surface area contributed by atoms with Crippen molar-refractivity contribution in [2.75, 3.05) is 33.0 Å². The number of nitrogens with zero attached hydrogens (tertiary/aromatic N) is 3. The molecule has 5 aromatic rings. The average molecular weight is 1040 g/mol. The highest BCUT2D eigenvalue weighted by Crippen LogP contribution is 2.46. The number of imide groups is 1. The third-order valence-corrected chi connectivity index (χ3v) is 15.3. The number of ether oxygens (including phenoxy) is 6. The second-order valence-corrected chi connectivity index (χ2v) is 19.8. The number of nitrogens with one attached hydrogen (secondary N) is 2. The lowest BCUT2D eigenvalue weighted by Crippen LogP contribution is -2.42. The van der Waals surface area contributed by atoms with Crippen LogP contribution in [0.3, 0.4) is 0 Å². The number of carboxylic acid groups (broad SMARTS) is 1. The van der Waals surface area contributed by atoms with E-state index in [2.05, 4.69) is 10.6 Å². The highest BCUT2D eigenvalue weighted by atomic mass is 32.1. The molecule has 1 aliphatic carbocycles. The number of aliphatic carboxylic acids is 1. The molecule has 2 aromatic carbocycles. The van der Waals surface area contributed by atoms with Gasteiger partial charge in [0.25, 0.3) is 17.4 Å². The highest BCUT2D eigenvalue weighted by molar-refractivity contribution is 7.19. The van der Waals surface area contributed by atoms with Crippen molar-refractivity contribution in [3.8, 4) is 17.1 Å². The number of rotatable bonds is 18. The summed E-state index contributed by atoms with van der Waals surface area (Å²) < 4.78 is 51.9. The van der Waals surface area contributed by atoms with E-state index in [0.717, 1.165) is 10.5 Å². The van der Waals surface area contributed by atoms with Gasteiger partial charge in [0.05, 0.1) is 86.6 Å². The van der Waals surface area contributed by atoms with Crippen LogP contribution in [0.4, 0.5) is 9.18 Å². The minimum Gasteiger partial charge on any atom is -0.479 e. The normalized spacial score (nSPS) is 20.6. The molecule has 4 aliphatic heterocycles. The fourth-order valence-corrected chi connectivity index (χ4v) is 11.5. The number of aliphatic hydroxyl groups is 1. The van der Waals surface area contributed by atoms with Crippen LogP contribution in [0.2, 0.25) is 0 Å². The van der Waals surface area contributed by atoms with Crippen LogP contribution in [0.5, 0.6) is 5.75 Å². The van der Waals surface area contributed by atoms with Crippen LogP contribution in [0.25, 0.3) is 32.4 Å². The number of carbonyl (C=O) groups is 6. The molecule has 0 saturated carbocycles. The number of amides is 4. The molecule has 4 N–H and O–H groups in total. The Morgan fingerprint density at radius 1 is 0.986 bits per heavy atom. The lowest BCUT2D eigenvalue weighted by molar-refractivity contribution is -0.195. The number of aromatic nitrogens is 2. The first-order valence-corrected chi connectivity index (χ1v) is 25.2. The zero-order valence-electron chi connectivity index (χ0n) is 40.4. The Morgan fingerprint density at radius 3 is 2.54 bits per heavy atom. The molecule has 4 amide bonds. The van der Waals surface area contributed by atoms with E-state index in [-0.39, 0.29) is 102 Å². The van der Waals surface area contributed by atoms with Crippen molar-refractivity contribution in [2.45, 2.75) is 109 Å². The standard InChI is InChI=1S/C52H52FN5O15S/c1-3-29-31-19-38-47-33(22-58(38)49(63)34(31)24-70-51(29)66)46-36(6-5-30-25(2)35(53)20-37(55-47)45(30)46)56-52(67)71-23-26-4-7-39(72-44-17-27(59)16-40(73-44)50(64)65)32-18-28(74-48(26)32)21-54-41(60)10-12-68-14-15-69-13-11-57-42(61)8-9-43(57)62/h4,7-9,18-20,27,29,36,40,44,59H,3,5-6,10-17,21-24H2,1-2H3,(H,54,60)(H,56,67)(H,64,65)/t27-,29-,36?,40-,44+/m0/s1. The summed E-state index contributed by atoms with van der Waals surface area (Å²) in [5, 5.41) is 27.3. The van der Waals surface area contributed by atoms with Crippen LogP contribution < -0.4 is 20.9 Å². The summed E-state index contributed by atoms with van der Waals surface area (Å²) in [6.07, 6.45) is -0.479. The number of carboxylic acids is 1. The van der Waals surface area contributed by atoms with Gasteiger partial charge in [-0.05, 0) is 66.6 Å². The third-order valence-electron chi connectivity index (χ3n) is 14.1. The number of fused-ring (bicyclic) bond motifs is 6. The molecule has 0 spiro atoms. The van der Waals surface area contributed by atoms with Crippen LogP contribution in [0.1, 0.15) is 94.8 Å². The smallest absolute Gasteiger partial charge is 0.407 e. The van der Waals surface area contributed by atoms with Crippen LogP contribution in [0.15, 0.2) is 47.3 Å². The Hall–Kier alpha value is -7.11. The number of thiophene rings is 1. The summed E-state index contributed by atoms with van der Waals surface area (Å²) in [6.45, 7) is 4.22. The number of alkyl carbamates (subject to hydrolysis) is 1. The molecule has 7 heterocycles. The van der Waals surface area contributed by atoms with E-state index in [1.54, 1.807) is 29.7 Å². The van der Waals surface area contributed by atoms with Gasteiger partial charge in [-0.1, -0.05) is 13.0 Å². The first kappa shape index (κ1) is 50.4. The predicted molar refractivity (Wildman–Crippen MR) is 260 cm³/mol. The van der Waals surface area contributed by atoms with Gasteiger partial charge in [0, 0.05) is 69.0 Å². The Kier molecular flexibility index (Phi) is 14.3. The Bertz CT molecular complexity index is 3230. The average Bonchev–Trinajstić information content (AvgIpc) is 4.07. The fourth-order valence-electron chi connectivity index (χ4n) is 10.4. The zero-order chi connectivity index (χ0) is 51.9. The van der Waals surface area contributed by atoms with Gasteiger partial charge >= 0.3 is 18.0 Å². The van der Waals surface area contributed by atoms with E-state index in [1.165, 1.54) is 29.6 Å². The van der Waals surface area contributed by atoms with Crippen molar-refractivity contribution in [3.63, 3.8) is 0 Å². The molecule has 5 atom stereocenters. The van der Waals surface area contributed by atoms with Gasteiger partial charge in [-0.25, -0.2) is 19.0 Å². The monoisotopic (exact) mass is 1040 g/mol. The summed E-state index contributed by atoms with van der Waals surface area (Å²) in [5.74, 6) is -3.44. The topological polar surface area (TPSA) is 260 Å². The maximum absolute atomic E-state index is 15.5. The first-order chi connectivity index (χ1) is 35.7. The van der Waals surface area contributed by atoms with Crippen molar-refractivity contribution in [1.29, 1.82) is 0 Å². The van der Waals surface area contributed by atoms with Crippen LogP contribution >= 0.6 is 11.3 Å². The van der Waals surface area contributed by atoms with Gasteiger partial charge in [0.15, 0.2) is 6.10 Å². The summed E-state index contributed by atoms with van der Waals surface area (Å²) in [4.78, 5) is 95.6. The molecule has 3 aromatic heterocycles. The number of halogens is 1. The zero-order valence-corrected chi connectivity index (χ0v) is 41.2.